The van der Waals surface area contributed by atoms with Gasteiger partial charge in [-0.15, -0.1) is 3.63 Å². The molecule has 0 aliphatic carbocycles. The Morgan fingerprint density at radius 2 is 1.36 bits per heavy atom. The Kier molecular flexibility index (Phi) is 2.57. The van der Waals surface area contributed by atoms with Crippen LogP contribution in [0.3, 0.4) is 0 Å². The zero-order valence-electron chi connectivity index (χ0n) is 6.48. The lowest BCUT2D eigenvalue weighted by atomic mass is 10.2. The van der Waals surface area contributed by atoms with Crippen LogP contribution in [-0.4, -0.2) is 34.5 Å². The average Bonchev–Trinajstić information content (AvgIpc) is 1.76. The van der Waals surface area contributed by atoms with Gasteiger partial charge < -0.3 is 0 Å². The number of alkyl halides is 3. The molecule has 0 aromatic heterocycles. The zero-order valence-corrected chi connectivity index (χ0v) is 8.12. The molecular formula is C4H5F3O5S2. The molecule has 0 radical (unpaired) electrons. The highest BCUT2D eigenvalue weighted by molar-refractivity contribution is 8.00. The van der Waals surface area contributed by atoms with Crippen molar-refractivity contribution in [1.82, 2.24) is 0 Å². The normalized spacial score (nSPS) is 27.4. The SMILES string of the molecule is O=S1(=O)CC(C(F)(F)F)CS(=O)(=O)O1. The zero-order chi connectivity index (χ0) is 11.2. The second-order valence-corrected chi connectivity index (χ2v) is 6.20. The van der Waals surface area contributed by atoms with E-state index in [9.17, 15) is 30.0 Å². The van der Waals surface area contributed by atoms with Gasteiger partial charge in [0.1, 0.15) is 0 Å². The molecule has 1 aliphatic heterocycles. The summed E-state index contributed by atoms with van der Waals surface area (Å²) in [7, 11) is -9.26. The maximum atomic E-state index is 12.0. The van der Waals surface area contributed by atoms with Crippen molar-refractivity contribution in [3.8, 4) is 0 Å². The van der Waals surface area contributed by atoms with Gasteiger partial charge in [-0.05, 0) is 0 Å². The van der Waals surface area contributed by atoms with E-state index in [1.807, 2.05) is 0 Å². The predicted molar refractivity (Wildman–Crippen MR) is 38.2 cm³/mol. The quantitative estimate of drug-likeness (QED) is 0.601. The van der Waals surface area contributed by atoms with E-state index in [4.69, 9.17) is 0 Å². The topological polar surface area (TPSA) is 77.5 Å². The summed E-state index contributed by atoms with van der Waals surface area (Å²) in [5.74, 6) is -5.11. The molecule has 5 nitrogen and oxygen atoms in total. The molecule has 0 spiro atoms. The standard InChI is InChI=1S/C4H5F3O5S2/c5-4(6,7)3-1-13(8,9)12-14(10,11)2-3/h3H,1-2H2. The molecule has 1 heterocycles. The fourth-order valence-corrected chi connectivity index (χ4v) is 4.40. The van der Waals surface area contributed by atoms with E-state index in [2.05, 4.69) is 3.63 Å². The molecule has 0 saturated carbocycles. The van der Waals surface area contributed by atoms with Crippen molar-refractivity contribution in [2.45, 2.75) is 6.18 Å². The predicted octanol–water partition coefficient (Wildman–Crippen LogP) is -0.145. The molecule has 14 heavy (non-hydrogen) atoms. The Labute approximate surface area is 78.1 Å². The minimum atomic E-state index is -4.86. The van der Waals surface area contributed by atoms with Crippen LogP contribution in [0.2, 0.25) is 0 Å². The molecule has 10 heteroatoms. The van der Waals surface area contributed by atoms with Crippen LogP contribution in [0.1, 0.15) is 0 Å². The average molecular weight is 254 g/mol. The summed E-state index contributed by atoms with van der Waals surface area (Å²) in [4.78, 5) is 0. The summed E-state index contributed by atoms with van der Waals surface area (Å²) >= 11 is 0. The molecule has 0 unspecified atom stereocenters. The second kappa shape index (κ2) is 3.07. The van der Waals surface area contributed by atoms with E-state index < -0.39 is 43.8 Å². The first-order chi connectivity index (χ1) is 6.02. The van der Waals surface area contributed by atoms with Crippen molar-refractivity contribution < 1.29 is 33.6 Å². The van der Waals surface area contributed by atoms with Gasteiger partial charge in [0.2, 0.25) is 0 Å². The lowest BCUT2D eigenvalue weighted by molar-refractivity contribution is -0.163. The number of rotatable bonds is 0. The third-order valence-electron chi connectivity index (χ3n) is 1.48. The van der Waals surface area contributed by atoms with Crippen molar-refractivity contribution in [1.29, 1.82) is 0 Å². The molecule has 1 saturated heterocycles. The van der Waals surface area contributed by atoms with Crippen molar-refractivity contribution >= 4 is 20.2 Å². The first-order valence-electron chi connectivity index (χ1n) is 3.25. The third kappa shape index (κ3) is 2.82. The largest absolute Gasteiger partial charge is 0.393 e. The molecule has 84 valence electrons. The van der Waals surface area contributed by atoms with Gasteiger partial charge in [0.05, 0.1) is 17.4 Å². The fourth-order valence-electron chi connectivity index (χ4n) is 0.943. The van der Waals surface area contributed by atoms with Gasteiger partial charge in [-0.2, -0.15) is 30.0 Å². The van der Waals surface area contributed by atoms with E-state index in [0.29, 0.717) is 0 Å². The fraction of sp³-hybridized carbons (Fsp3) is 1.00. The van der Waals surface area contributed by atoms with Crippen LogP contribution in [0.15, 0.2) is 0 Å². The molecule has 1 fully saturated rings. The first kappa shape index (κ1) is 11.7. The summed E-state index contributed by atoms with van der Waals surface area (Å²) in [6, 6.07) is 0. The van der Waals surface area contributed by atoms with Crippen molar-refractivity contribution in [2.24, 2.45) is 5.92 Å². The van der Waals surface area contributed by atoms with Crippen LogP contribution in [0, 0.1) is 5.92 Å². The molecule has 0 aromatic carbocycles. The van der Waals surface area contributed by atoms with Crippen LogP contribution < -0.4 is 0 Å². The number of halogens is 3. The lowest BCUT2D eigenvalue weighted by Gasteiger charge is -2.23. The number of hydrogen-bond donors (Lipinski definition) is 0. The van der Waals surface area contributed by atoms with Crippen LogP contribution in [0.5, 0.6) is 0 Å². The molecule has 0 bridgehead atoms. The van der Waals surface area contributed by atoms with Crippen LogP contribution in [0.4, 0.5) is 13.2 Å². The van der Waals surface area contributed by atoms with Gasteiger partial charge in [-0.3, -0.25) is 0 Å². The Morgan fingerprint density at radius 3 is 1.64 bits per heavy atom. The Hall–Kier alpha value is -0.350. The summed E-state index contributed by atoms with van der Waals surface area (Å²) in [5.41, 5.74) is 0. The third-order valence-corrected chi connectivity index (χ3v) is 4.76. The van der Waals surface area contributed by atoms with Crippen LogP contribution in [-0.2, 0) is 23.9 Å². The summed E-state index contributed by atoms with van der Waals surface area (Å²) in [6.45, 7) is 0. The highest BCUT2D eigenvalue weighted by Gasteiger charge is 2.49. The molecule has 0 amide bonds. The Morgan fingerprint density at radius 1 is 1.00 bits per heavy atom. The Balaban J connectivity index is 3.06. The van der Waals surface area contributed by atoms with Crippen molar-refractivity contribution in [3.63, 3.8) is 0 Å². The van der Waals surface area contributed by atoms with Gasteiger partial charge in [-0.25, -0.2) is 0 Å². The lowest BCUT2D eigenvalue weighted by Crippen LogP contribution is -2.42. The van der Waals surface area contributed by atoms with Gasteiger partial charge in [-0.1, -0.05) is 0 Å². The monoisotopic (exact) mass is 254 g/mol. The summed E-state index contributed by atoms with van der Waals surface area (Å²) in [5, 5.41) is 0. The minimum Gasteiger partial charge on any atom is -0.198 e. The summed E-state index contributed by atoms with van der Waals surface area (Å²) in [6.07, 6.45) is -4.86. The van der Waals surface area contributed by atoms with Gasteiger partial charge >= 0.3 is 6.18 Å². The van der Waals surface area contributed by atoms with Gasteiger partial charge in [0, 0.05) is 0 Å². The van der Waals surface area contributed by atoms with E-state index in [0.717, 1.165) is 0 Å². The van der Waals surface area contributed by atoms with E-state index in [1.165, 1.54) is 0 Å². The van der Waals surface area contributed by atoms with E-state index in [1.54, 1.807) is 0 Å². The van der Waals surface area contributed by atoms with E-state index >= 15 is 0 Å². The molecule has 0 atom stereocenters. The summed E-state index contributed by atoms with van der Waals surface area (Å²) < 4.78 is 82.1. The van der Waals surface area contributed by atoms with Crippen molar-refractivity contribution in [3.05, 3.63) is 0 Å². The molecule has 0 aromatic rings. The van der Waals surface area contributed by atoms with Crippen LogP contribution in [0.25, 0.3) is 0 Å². The van der Waals surface area contributed by atoms with Gasteiger partial charge in [0.15, 0.2) is 0 Å². The highest BCUT2D eigenvalue weighted by Crippen LogP contribution is 2.32. The molecule has 0 N–H and O–H groups in total. The second-order valence-electron chi connectivity index (χ2n) is 2.76. The molecule has 1 rings (SSSR count). The molecule has 1 aliphatic rings. The first-order valence-corrected chi connectivity index (χ1v) is 6.40. The van der Waals surface area contributed by atoms with Crippen molar-refractivity contribution in [2.75, 3.05) is 11.5 Å². The van der Waals surface area contributed by atoms with Crippen LogP contribution >= 0.6 is 0 Å². The van der Waals surface area contributed by atoms with Gasteiger partial charge in [0.25, 0.3) is 20.2 Å². The maximum absolute atomic E-state index is 12.0. The highest BCUT2D eigenvalue weighted by atomic mass is 32.3. The smallest absolute Gasteiger partial charge is 0.198 e. The number of hydrogen-bond acceptors (Lipinski definition) is 5. The minimum absolute atomic E-state index is 1.35. The van der Waals surface area contributed by atoms with E-state index in [-0.39, 0.29) is 0 Å². The molecular weight excluding hydrogens is 249 g/mol. The maximum Gasteiger partial charge on any atom is 0.393 e. The Bertz CT molecular complexity index is 384.